The first-order chi connectivity index (χ1) is 15.5. The van der Waals surface area contributed by atoms with E-state index in [1.807, 2.05) is 54.6 Å². The molecular formula is C25H21ClN2O4. The lowest BCUT2D eigenvalue weighted by atomic mass is 9.90. The second kappa shape index (κ2) is 7.97. The zero-order valence-corrected chi connectivity index (χ0v) is 18.3. The van der Waals surface area contributed by atoms with E-state index in [9.17, 15) is 9.59 Å². The highest BCUT2D eigenvalue weighted by molar-refractivity contribution is 6.32. The summed E-state index contributed by atoms with van der Waals surface area (Å²) in [6.45, 7) is 1.79. The number of imide groups is 1. The van der Waals surface area contributed by atoms with Gasteiger partial charge in [0.15, 0.2) is 6.10 Å². The van der Waals surface area contributed by atoms with Crippen LogP contribution in [0.15, 0.2) is 72.8 Å². The number of carbonyl (C=O) groups is 2. The van der Waals surface area contributed by atoms with Gasteiger partial charge >= 0.3 is 0 Å². The molecule has 2 fully saturated rings. The molecule has 2 heterocycles. The number of amides is 2. The minimum atomic E-state index is -0.933. The van der Waals surface area contributed by atoms with Crippen LogP contribution in [0.2, 0.25) is 5.02 Å². The van der Waals surface area contributed by atoms with Crippen molar-refractivity contribution in [2.45, 2.75) is 19.1 Å². The van der Waals surface area contributed by atoms with Crippen molar-refractivity contribution in [2.24, 2.45) is 5.92 Å². The Labute approximate surface area is 190 Å². The third-order valence-corrected chi connectivity index (χ3v) is 6.45. The van der Waals surface area contributed by atoms with Gasteiger partial charge in [0.05, 0.1) is 24.5 Å². The monoisotopic (exact) mass is 448 g/mol. The number of anilines is 2. The van der Waals surface area contributed by atoms with Crippen LogP contribution in [0.1, 0.15) is 17.2 Å². The standard InChI is InChI=1S/C25H21ClN2O4/c1-15-19(26)12-7-13-20(15)27-24(29)21-22(16-8-6-11-18(14-16)31-2)28(32-23(21)25(27)30)17-9-4-3-5-10-17/h3-14,21-23H,1-2H3. The average molecular weight is 449 g/mol. The van der Waals surface area contributed by atoms with E-state index in [1.54, 1.807) is 37.3 Å². The van der Waals surface area contributed by atoms with E-state index in [0.717, 1.165) is 11.3 Å². The van der Waals surface area contributed by atoms with Gasteiger partial charge in [-0.3, -0.25) is 14.4 Å². The molecule has 0 saturated carbocycles. The molecule has 3 aromatic rings. The number of rotatable bonds is 4. The Kier molecular flexibility index (Phi) is 5.12. The summed E-state index contributed by atoms with van der Waals surface area (Å²) in [6, 6.07) is 21.7. The van der Waals surface area contributed by atoms with Gasteiger partial charge in [0, 0.05) is 5.02 Å². The van der Waals surface area contributed by atoms with Gasteiger partial charge in [-0.05, 0) is 54.4 Å². The highest BCUT2D eigenvalue weighted by Gasteiger charge is 2.60. The van der Waals surface area contributed by atoms with Crippen LogP contribution in [0.3, 0.4) is 0 Å². The summed E-state index contributed by atoms with van der Waals surface area (Å²) in [6.07, 6.45) is -0.933. The van der Waals surface area contributed by atoms with E-state index in [4.69, 9.17) is 21.2 Å². The van der Waals surface area contributed by atoms with Crippen LogP contribution in [0.5, 0.6) is 5.75 Å². The van der Waals surface area contributed by atoms with Crippen molar-refractivity contribution >= 4 is 34.8 Å². The zero-order valence-electron chi connectivity index (χ0n) is 17.6. The Hall–Kier alpha value is -3.35. The number of methoxy groups -OCH3 is 1. The van der Waals surface area contributed by atoms with Crippen LogP contribution >= 0.6 is 11.6 Å². The SMILES string of the molecule is COc1cccc(C2C3C(=O)N(c4cccc(Cl)c4C)C(=O)C3ON2c2ccccc2)c1. The predicted molar refractivity (Wildman–Crippen MR) is 122 cm³/mol. The number of hydrogen-bond acceptors (Lipinski definition) is 5. The number of nitrogens with zero attached hydrogens (tertiary/aromatic N) is 2. The summed E-state index contributed by atoms with van der Waals surface area (Å²) in [7, 11) is 1.59. The molecule has 32 heavy (non-hydrogen) atoms. The van der Waals surface area contributed by atoms with Gasteiger partial charge in [-0.2, -0.15) is 0 Å². The molecule has 7 heteroatoms. The maximum atomic E-state index is 13.7. The molecule has 0 aliphatic carbocycles. The third-order valence-electron chi connectivity index (χ3n) is 6.04. The summed E-state index contributed by atoms with van der Waals surface area (Å²) in [5, 5.41) is 2.17. The number of hydroxylamine groups is 1. The predicted octanol–water partition coefficient (Wildman–Crippen LogP) is 4.71. The molecule has 0 N–H and O–H groups in total. The fourth-order valence-electron chi connectivity index (χ4n) is 4.45. The second-order valence-corrected chi connectivity index (χ2v) is 8.24. The van der Waals surface area contributed by atoms with Gasteiger partial charge in [-0.25, -0.2) is 9.96 Å². The smallest absolute Gasteiger partial charge is 0.266 e. The third kappa shape index (κ3) is 3.15. The molecule has 0 aromatic heterocycles. The maximum Gasteiger partial charge on any atom is 0.266 e. The first kappa shape index (κ1) is 20.5. The summed E-state index contributed by atoms with van der Waals surface area (Å²) >= 11 is 6.27. The van der Waals surface area contributed by atoms with Crippen molar-refractivity contribution in [3.05, 3.63) is 88.9 Å². The highest BCUT2D eigenvalue weighted by atomic mass is 35.5. The number of hydrogen-bond donors (Lipinski definition) is 0. The molecule has 2 aliphatic heterocycles. The Morgan fingerprint density at radius 2 is 1.69 bits per heavy atom. The molecule has 5 rings (SSSR count). The molecule has 0 bridgehead atoms. The van der Waals surface area contributed by atoms with E-state index >= 15 is 0 Å². The van der Waals surface area contributed by atoms with Crippen molar-refractivity contribution in [2.75, 3.05) is 17.1 Å². The molecule has 0 spiro atoms. The molecule has 2 saturated heterocycles. The molecule has 162 valence electrons. The van der Waals surface area contributed by atoms with Gasteiger partial charge in [-0.1, -0.05) is 48.0 Å². The van der Waals surface area contributed by atoms with Crippen LogP contribution in [0.25, 0.3) is 0 Å². The Morgan fingerprint density at radius 1 is 0.938 bits per heavy atom. The van der Waals surface area contributed by atoms with E-state index in [1.165, 1.54) is 4.90 Å². The fourth-order valence-corrected chi connectivity index (χ4v) is 4.62. The van der Waals surface area contributed by atoms with Crippen molar-refractivity contribution < 1.29 is 19.2 Å². The van der Waals surface area contributed by atoms with Crippen molar-refractivity contribution in [3.63, 3.8) is 0 Å². The zero-order chi connectivity index (χ0) is 22.4. The molecule has 2 amide bonds. The average Bonchev–Trinajstić information content (AvgIpc) is 3.33. The normalized spacial score (nSPS) is 22.4. The van der Waals surface area contributed by atoms with Crippen LogP contribution in [-0.2, 0) is 14.4 Å². The van der Waals surface area contributed by atoms with Crippen molar-refractivity contribution in [1.29, 1.82) is 0 Å². The molecule has 3 aromatic carbocycles. The van der Waals surface area contributed by atoms with Crippen LogP contribution in [0.4, 0.5) is 11.4 Å². The number of ether oxygens (including phenoxy) is 1. The van der Waals surface area contributed by atoms with Crippen LogP contribution in [0, 0.1) is 12.8 Å². The topological polar surface area (TPSA) is 59.1 Å². The lowest BCUT2D eigenvalue weighted by Gasteiger charge is -2.29. The van der Waals surface area contributed by atoms with E-state index in [0.29, 0.717) is 22.0 Å². The van der Waals surface area contributed by atoms with Gasteiger partial charge in [0.25, 0.3) is 5.91 Å². The lowest BCUT2D eigenvalue weighted by molar-refractivity contribution is -0.126. The largest absolute Gasteiger partial charge is 0.497 e. The number of carbonyl (C=O) groups excluding carboxylic acids is 2. The summed E-state index contributed by atoms with van der Waals surface area (Å²) < 4.78 is 5.40. The fraction of sp³-hybridized carbons (Fsp3) is 0.200. The first-order valence-electron chi connectivity index (χ1n) is 10.3. The summed E-state index contributed by atoms with van der Waals surface area (Å²) in [5.41, 5.74) is 2.75. The molecule has 6 nitrogen and oxygen atoms in total. The number of benzene rings is 3. The van der Waals surface area contributed by atoms with Gasteiger partial charge < -0.3 is 4.74 Å². The lowest BCUT2D eigenvalue weighted by Crippen LogP contribution is -2.37. The summed E-state index contributed by atoms with van der Waals surface area (Å²) in [5.74, 6) is -0.750. The van der Waals surface area contributed by atoms with Crippen molar-refractivity contribution in [3.8, 4) is 5.75 Å². The Balaban J connectivity index is 1.61. The quantitative estimate of drug-likeness (QED) is 0.541. The van der Waals surface area contributed by atoms with Gasteiger partial charge in [-0.15, -0.1) is 0 Å². The number of fused-ring (bicyclic) bond motifs is 1. The Morgan fingerprint density at radius 3 is 2.44 bits per heavy atom. The molecule has 3 unspecified atom stereocenters. The van der Waals surface area contributed by atoms with Crippen molar-refractivity contribution in [1.82, 2.24) is 0 Å². The molecule has 3 atom stereocenters. The van der Waals surface area contributed by atoms with E-state index in [2.05, 4.69) is 0 Å². The number of halogens is 1. The van der Waals surface area contributed by atoms with E-state index in [-0.39, 0.29) is 5.91 Å². The maximum absolute atomic E-state index is 13.7. The van der Waals surface area contributed by atoms with Gasteiger partial charge in [0.2, 0.25) is 5.91 Å². The first-order valence-corrected chi connectivity index (χ1v) is 10.7. The van der Waals surface area contributed by atoms with E-state index < -0.39 is 24.0 Å². The van der Waals surface area contributed by atoms with Crippen LogP contribution < -0.4 is 14.7 Å². The van der Waals surface area contributed by atoms with Crippen LogP contribution in [-0.4, -0.2) is 25.0 Å². The molecule has 2 aliphatic rings. The minimum Gasteiger partial charge on any atom is -0.497 e. The van der Waals surface area contributed by atoms with Gasteiger partial charge in [0.1, 0.15) is 11.7 Å². The Bertz CT molecular complexity index is 1200. The second-order valence-electron chi connectivity index (χ2n) is 7.83. The highest BCUT2D eigenvalue weighted by Crippen LogP contribution is 2.48. The minimum absolute atomic E-state index is 0.309. The molecule has 0 radical (unpaired) electrons. The summed E-state index contributed by atoms with van der Waals surface area (Å²) in [4.78, 5) is 34.5. The molecular weight excluding hydrogens is 428 g/mol. The number of para-hydroxylation sites is 1.